The minimum atomic E-state index is -1.36. The number of aliphatic hydroxyl groups excluding tert-OH is 1. The zero-order valence-corrected chi connectivity index (χ0v) is 15.8. The Bertz CT molecular complexity index is 521. The molecule has 150 valence electrons. The van der Waals surface area contributed by atoms with Gasteiger partial charge in [-0.1, -0.05) is 27.7 Å². The Hall–Kier alpha value is -2.20. The first-order chi connectivity index (χ1) is 11.9. The van der Waals surface area contributed by atoms with Gasteiger partial charge in [-0.25, -0.2) is 0 Å². The van der Waals surface area contributed by atoms with Crippen molar-refractivity contribution in [2.45, 2.75) is 58.8 Å². The van der Waals surface area contributed by atoms with Gasteiger partial charge in [0.05, 0.1) is 12.1 Å². The maximum Gasteiger partial charge on any atom is 0.322 e. The molecule has 0 bridgehead atoms. The molecule has 0 aliphatic rings. The Labute approximate surface area is 152 Å². The summed E-state index contributed by atoms with van der Waals surface area (Å²) < 4.78 is 0. The topological polar surface area (TPSA) is 171 Å². The number of carbonyl (C=O) groups excluding carboxylic acids is 3. The molecule has 0 radical (unpaired) electrons. The van der Waals surface area contributed by atoms with Gasteiger partial charge in [-0.2, -0.15) is 0 Å². The standard InChI is InChI=1S/C16H30N4O6/c1-7(2)11(17)14(24)19-12(8(3)4)16(26)20-13(9(5)21)15(25)18-6-10(22)23/h7-9,11-13,21H,6,17H2,1-5H3,(H,18,25)(H,19,24)(H,20,26)(H,22,23)/t9-,11+,12+,13+/m1/s1. The van der Waals surface area contributed by atoms with Gasteiger partial charge in [0.2, 0.25) is 17.7 Å². The van der Waals surface area contributed by atoms with Crippen LogP contribution in [0.2, 0.25) is 0 Å². The van der Waals surface area contributed by atoms with Crippen molar-refractivity contribution in [1.82, 2.24) is 16.0 Å². The van der Waals surface area contributed by atoms with Crippen molar-refractivity contribution in [2.24, 2.45) is 17.6 Å². The fraction of sp³-hybridized carbons (Fsp3) is 0.750. The van der Waals surface area contributed by atoms with Gasteiger partial charge in [0.15, 0.2) is 0 Å². The van der Waals surface area contributed by atoms with Gasteiger partial charge < -0.3 is 31.9 Å². The van der Waals surface area contributed by atoms with Crippen LogP contribution in [0.25, 0.3) is 0 Å². The van der Waals surface area contributed by atoms with Crippen LogP contribution in [0.1, 0.15) is 34.6 Å². The number of amides is 3. The number of aliphatic carboxylic acids is 1. The Morgan fingerprint density at radius 1 is 0.846 bits per heavy atom. The molecule has 0 heterocycles. The third-order valence-electron chi connectivity index (χ3n) is 3.74. The highest BCUT2D eigenvalue weighted by molar-refractivity contribution is 5.94. The first-order valence-corrected chi connectivity index (χ1v) is 8.42. The predicted octanol–water partition coefficient (Wildman–Crippen LogP) is -1.82. The lowest BCUT2D eigenvalue weighted by Gasteiger charge is -2.27. The lowest BCUT2D eigenvalue weighted by atomic mass is 9.99. The summed E-state index contributed by atoms with van der Waals surface area (Å²) in [5, 5.41) is 25.3. The number of carboxylic acid groups (broad SMARTS) is 1. The van der Waals surface area contributed by atoms with Crippen LogP contribution in [-0.2, 0) is 19.2 Å². The Balaban J connectivity index is 5.12. The van der Waals surface area contributed by atoms with Gasteiger partial charge in [-0.3, -0.25) is 19.2 Å². The van der Waals surface area contributed by atoms with Crippen LogP contribution in [-0.4, -0.2) is 64.7 Å². The second kappa shape index (κ2) is 10.7. The maximum atomic E-state index is 12.5. The van der Waals surface area contributed by atoms with Crippen LogP contribution in [0.5, 0.6) is 0 Å². The van der Waals surface area contributed by atoms with Gasteiger partial charge in [-0.15, -0.1) is 0 Å². The van der Waals surface area contributed by atoms with Crippen molar-refractivity contribution in [3.63, 3.8) is 0 Å². The molecule has 0 saturated heterocycles. The molecular weight excluding hydrogens is 344 g/mol. The Morgan fingerprint density at radius 3 is 1.73 bits per heavy atom. The molecule has 0 aromatic carbocycles. The van der Waals surface area contributed by atoms with E-state index in [1.54, 1.807) is 27.7 Å². The highest BCUT2D eigenvalue weighted by Gasteiger charge is 2.32. The molecule has 3 amide bonds. The molecule has 0 saturated carbocycles. The molecular formula is C16H30N4O6. The molecule has 26 heavy (non-hydrogen) atoms. The van der Waals surface area contributed by atoms with Gasteiger partial charge in [0.25, 0.3) is 0 Å². The molecule has 0 aromatic heterocycles. The summed E-state index contributed by atoms with van der Waals surface area (Å²) in [6.07, 6.45) is -1.27. The SMILES string of the molecule is CC(C)[C@H](N)C(=O)N[C@H](C(=O)N[C@H](C(=O)NCC(=O)O)[C@@H](C)O)C(C)C. The van der Waals surface area contributed by atoms with Gasteiger partial charge in [0.1, 0.15) is 18.6 Å². The van der Waals surface area contributed by atoms with E-state index in [4.69, 9.17) is 10.8 Å². The maximum absolute atomic E-state index is 12.5. The first-order valence-electron chi connectivity index (χ1n) is 8.42. The van der Waals surface area contributed by atoms with Crippen LogP contribution < -0.4 is 21.7 Å². The van der Waals surface area contributed by atoms with Crippen molar-refractivity contribution in [3.8, 4) is 0 Å². The van der Waals surface area contributed by atoms with Crippen molar-refractivity contribution < 1.29 is 29.4 Å². The molecule has 4 atom stereocenters. The molecule has 10 heteroatoms. The number of carbonyl (C=O) groups is 4. The second-order valence-electron chi connectivity index (χ2n) is 6.84. The van der Waals surface area contributed by atoms with E-state index >= 15 is 0 Å². The first kappa shape index (κ1) is 23.8. The second-order valence-corrected chi connectivity index (χ2v) is 6.84. The number of hydrogen-bond donors (Lipinski definition) is 6. The van der Waals surface area contributed by atoms with E-state index in [1.165, 1.54) is 6.92 Å². The van der Waals surface area contributed by atoms with E-state index in [9.17, 15) is 24.3 Å². The Kier molecular flexibility index (Phi) is 9.81. The van der Waals surface area contributed by atoms with Crippen LogP contribution in [0, 0.1) is 11.8 Å². The van der Waals surface area contributed by atoms with Crippen LogP contribution >= 0.6 is 0 Å². The summed E-state index contributed by atoms with van der Waals surface area (Å²) in [6, 6.07) is -3.13. The number of hydrogen-bond acceptors (Lipinski definition) is 6. The van der Waals surface area contributed by atoms with Crippen molar-refractivity contribution >= 4 is 23.7 Å². The number of nitrogens with two attached hydrogens (primary N) is 1. The lowest BCUT2D eigenvalue weighted by Crippen LogP contribution is -2.60. The van der Waals surface area contributed by atoms with E-state index in [-0.39, 0.29) is 11.8 Å². The lowest BCUT2D eigenvalue weighted by molar-refractivity contribution is -0.139. The average Bonchev–Trinajstić information content (AvgIpc) is 2.53. The van der Waals surface area contributed by atoms with Crippen LogP contribution in [0.3, 0.4) is 0 Å². The quantitative estimate of drug-likeness (QED) is 0.261. The summed E-state index contributed by atoms with van der Waals surface area (Å²) in [4.78, 5) is 47.1. The fourth-order valence-electron chi connectivity index (χ4n) is 2.01. The molecule has 0 aliphatic carbocycles. The third kappa shape index (κ3) is 7.79. The van der Waals surface area contributed by atoms with Gasteiger partial charge in [-0.05, 0) is 18.8 Å². The number of nitrogens with one attached hydrogen (secondary N) is 3. The summed E-state index contributed by atoms with van der Waals surface area (Å²) >= 11 is 0. The highest BCUT2D eigenvalue weighted by atomic mass is 16.4. The van der Waals surface area contributed by atoms with E-state index in [1.807, 2.05) is 0 Å². The normalized spacial score (nSPS) is 15.7. The molecule has 0 aromatic rings. The molecule has 7 N–H and O–H groups in total. The van der Waals surface area contributed by atoms with Crippen LogP contribution in [0.4, 0.5) is 0 Å². The molecule has 10 nitrogen and oxygen atoms in total. The number of rotatable bonds is 10. The molecule has 0 unspecified atom stereocenters. The van der Waals surface area contributed by atoms with E-state index in [0.717, 1.165) is 0 Å². The summed E-state index contributed by atoms with van der Waals surface area (Å²) in [5.74, 6) is -3.72. The van der Waals surface area contributed by atoms with Gasteiger partial charge >= 0.3 is 5.97 Å². The summed E-state index contributed by atoms with van der Waals surface area (Å²) in [6.45, 7) is 7.57. The van der Waals surface area contributed by atoms with Crippen molar-refractivity contribution in [3.05, 3.63) is 0 Å². The third-order valence-corrected chi connectivity index (χ3v) is 3.74. The van der Waals surface area contributed by atoms with Gasteiger partial charge in [0, 0.05) is 0 Å². The average molecular weight is 374 g/mol. The zero-order valence-electron chi connectivity index (χ0n) is 15.8. The van der Waals surface area contributed by atoms with E-state index < -0.39 is 54.5 Å². The zero-order chi connectivity index (χ0) is 20.6. The molecule has 0 aliphatic heterocycles. The Morgan fingerprint density at radius 2 is 1.35 bits per heavy atom. The highest BCUT2D eigenvalue weighted by Crippen LogP contribution is 2.06. The molecule has 0 spiro atoms. The fourth-order valence-corrected chi connectivity index (χ4v) is 2.01. The molecule has 0 rings (SSSR count). The predicted molar refractivity (Wildman–Crippen MR) is 93.8 cm³/mol. The smallest absolute Gasteiger partial charge is 0.322 e. The monoisotopic (exact) mass is 374 g/mol. The largest absolute Gasteiger partial charge is 0.480 e. The van der Waals surface area contributed by atoms with E-state index in [0.29, 0.717) is 0 Å². The number of carboxylic acids is 1. The van der Waals surface area contributed by atoms with Crippen molar-refractivity contribution in [1.29, 1.82) is 0 Å². The number of aliphatic hydroxyl groups is 1. The minimum Gasteiger partial charge on any atom is -0.480 e. The summed E-state index contributed by atoms with van der Waals surface area (Å²) in [7, 11) is 0. The summed E-state index contributed by atoms with van der Waals surface area (Å²) in [5.41, 5.74) is 5.77. The molecule has 0 fully saturated rings. The van der Waals surface area contributed by atoms with E-state index in [2.05, 4.69) is 16.0 Å². The minimum absolute atomic E-state index is 0.127. The van der Waals surface area contributed by atoms with Crippen LogP contribution in [0.15, 0.2) is 0 Å². The van der Waals surface area contributed by atoms with Crippen molar-refractivity contribution in [2.75, 3.05) is 6.54 Å².